The number of hydrogen-bond acceptors (Lipinski definition) is 1. The summed E-state index contributed by atoms with van der Waals surface area (Å²) in [6, 6.07) is 9.09. The molecule has 3 nitrogen and oxygen atoms in total. The predicted molar refractivity (Wildman–Crippen MR) is 77.2 cm³/mol. The van der Waals surface area contributed by atoms with E-state index in [1.54, 1.807) is 12.1 Å². The first kappa shape index (κ1) is 12.1. The lowest BCUT2D eigenvalue weighted by Gasteiger charge is -2.02. The van der Waals surface area contributed by atoms with Gasteiger partial charge in [-0.15, -0.1) is 0 Å². The Morgan fingerprint density at radius 3 is 2.63 bits per heavy atom. The van der Waals surface area contributed by atoms with Crippen LogP contribution in [0.2, 0.25) is 5.02 Å². The van der Waals surface area contributed by atoms with Gasteiger partial charge in [-0.3, -0.25) is 0 Å². The number of nitrogens with one attached hydrogen (secondary N) is 1. The van der Waals surface area contributed by atoms with Crippen LogP contribution < -0.4 is 0 Å². The number of halogens is 1. The SMILES string of the molecule is CCc1c(Cl)ccc2c1[nH]c1c(C(=O)O)cccc12. The Kier molecular flexibility index (Phi) is 2.72. The molecule has 0 atom stereocenters. The third-order valence-electron chi connectivity index (χ3n) is 3.44. The minimum absolute atomic E-state index is 0.284. The maximum absolute atomic E-state index is 11.3. The van der Waals surface area contributed by atoms with Crippen LogP contribution in [-0.2, 0) is 6.42 Å². The molecule has 0 amide bonds. The summed E-state index contributed by atoms with van der Waals surface area (Å²) in [4.78, 5) is 14.5. The molecule has 0 saturated carbocycles. The predicted octanol–water partition coefficient (Wildman–Crippen LogP) is 4.24. The second kappa shape index (κ2) is 4.28. The molecule has 3 rings (SSSR count). The second-order valence-corrected chi connectivity index (χ2v) is 4.87. The standard InChI is InChI=1S/C15H12ClNO2/c1-2-8-12(16)7-6-10-9-4-3-5-11(15(18)19)14(9)17-13(8)10/h3-7,17H,2H2,1H3,(H,18,19). The number of aromatic carboxylic acids is 1. The quantitative estimate of drug-likeness (QED) is 0.734. The van der Waals surface area contributed by atoms with Crippen molar-refractivity contribution < 1.29 is 9.90 Å². The molecule has 0 unspecified atom stereocenters. The van der Waals surface area contributed by atoms with Crippen molar-refractivity contribution in [2.24, 2.45) is 0 Å². The van der Waals surface area contributed by atoms with Crippen LogP contribution in [0.4, 0.5) is 0 Å². The second-order valence-electron chi connectivity index (χ2n) is 4.46. The zero-order chi connectivity index (χ0) is 13.6. The molecule has 3 aromatic rings. The fourth-order valence-corrected chi connectivity index (χ4v) is 2.84. The first-order chi connectivity index (χ1) is 9.13. The van der Waals surface area contributed by atoms with E-state index in [4.69, 9.17) is 11.6 Å². The van der Waals surface area contributed by atoms with Gasteiger partial charge in [0.2, 0.25) is 0 Å². The van der Waals surface area contributed by atoms with Gasteiger partial charge in [0.1, 0.15) is 0 Å². The molecule has 0 spiro atoms. The Morgan fingerprint density at radius 2 is 1.95 bits per heavy atom. The van der Waals surface area contributed by atoms with Crippen LogP contribution >= 0.6 is 11.6 Å². The molecular formula is C15H12ClNO2. The Morgan fingerprint density at radius 1 is 1.21 bits per heavy atom. The number of benzene rings is 2. The zero-order valence-electron chi connectivity index (χ0n) is 10.3. The number of aryl methyl sites for hydroxylation is 1. The molecule has 0 saturated heterocycles. The molecule has 0 aliphatic heterocycles. The number of carboxylic acids is 1. The monoisotopic (exact) mass is 273 g/mol. The Bertz CT molecular complexity index is 805. The van der Waals surface area contributed by atoms with Gasteiger partial charge in [0.15, 0.2) is 0 Å². The van der Waals surface area contributed by atoms with Crippen molar-refractivity contribution in [3.8, 4) is 0 Å². The molecule has 1 aromatic heterocycles. The van der Waals surface area contributed by atoms with Crippen molar-refractivity contribution in [2.45, 2.75) is 13.3 Å². The van der Waals surface area contributed by atoms with Gasteiger partial charge in [0.05, 0.1) is 16.6 Å². The highest BCUT2D eigenvalue weighted by atomic mass is 35.5. The lowest BCUT2D eigenvalue weighted by Crippen LogP contribution is -1.96. The summed E-state index contributed by atoms with van der Waals surface area (Å²) in [5.74, 6) is -0.929. The summed E-state index contributed by atoms with van der Waals surface area (Å²) in [5, 5.41) is 11.9. The van der Waals surface area contributed by atoms with Gasteiger partial charge in [-0.05, 0) is 24.1 Å². The van der Waals surface area contributed by atoms with Crippen LogP contribution in [0.25, 0.3) is 21.8 Å². The first-order valence-corrected chi connectivity index (χ1v) is 6.46. The maximum Gasteiger partial charge on any atom is 0.337 e. The molecule has 0 fully saturated rings. The summed E-state index contributed by atoms with van der Waals surface area (Å²) in [7, 11) is 0. The number of carbonyl (C=O) groups is 1. The lowest BCUT2D eigenvalue weighted by atomic mass is 10.1. The maximum atomic E-state index is 11.3. The molecule has 0 bridgehead atoms. The fraction of sp³-hybridized carbons (Fsp3) is 0.133. The number of rotatable bonds is 2. The number of hydrogen-bond donors (Lipinski definition) is 2. The van der Waals surface area contributed by atoms with E-state index in [1.807, 2.05) is 25.1 Å². The number of para-hydroxylation sites is 1. The largest absolute Gasteiger partial charge is 0.478 e. The van der Waals surface area contributed by atoms with E-state index in [1.165, 1.54) is 0 Å². The third kappa shape index (κ3) is 1.70. The van der Waals surface area contributed by atoms with Crippen molar-refractivity contribution in [3.05, 3.63) is 46.5 Å². The van der Waals surface area contributed by atoms with Crippen molar-refractivity contribution in [2.75, 3.05) is 0 Å². The average Bonchev–Trinajstić information content (AvgIpc) is 2.76. The number of fused-ring (bicyclic) bond motifs is 3. The van der Waals surface area contributed by atoms with Crippen molar-refractivity contribution in [1.29, 1.82) is 0 Å². The van der Waals surface area contributed by atoms with E-state index in [2.05, 4.69) is 4.98 Å². The van der Waals surface area contributed by atoms with Crippen molar-refractivity contribution in [1.82, 2.24) is 4.98 Å². The Balaban J connectivity index is 2.51. The molecular weight excluding hydrogens is 262 g/mol. The highest BCUT2D eigenvalue weighted by molar-refractivity contribution is 6.32. The van der Waals surface area contributed by atoms with E-state index in [0.717, 1.165) is 28.3 Å². The van der Waals surface area contributed by atoms with E-state index >= 15 is 0 Å². The average molecular weight is 274 g/mol. The third-order valence-corrected chi connectivity index (χ3v) is 3.80. The normalized spacial score (nSPS) is 11.3. The van der Waals surface area contributed by atoms with Gasteiger partial charge < -0.3 is 10.1 Å². The summed E-state index contributed by atoms with van der Waals surface area (Å²) in [5.41, 5.74) is 2.89. The molecule has 96 valence electrons. The van der Waals surface area contributed by atoms with Crippen molar-refractivity contribution in [3.63, 3.8) is 0 Å². The Hall–Kier alpha value is -2.00. The van der Waals surface area contributed by atoms with Crippen LogP contribution in [0, 0.1) is 0 Å². The van der Waals surface area contributed by atoms with Gasteiger partial charge in [0.25, 0.3) is 0 Å². The molecule has 2 aromatic carbocycles. The van der Waals surface area contributed by atoms with Gasteiger partial charge in [0, 0.05) is 15.8 Å². The highest BCUT2D eigenvalue weighted by Crippen LogP contribution is 2.33. The lowest BCUT2D eigenvalue weighted by molar-refractivity contribution is 0.0699. The summed E-state index contributed by atoms with van der Waals surface area (Å²) in [6.45, 7) is 2.03. The fourth-order valence-electron chi connectivity index (χ4n) is 2.55. The molecule has 19 heavy (non-hydrogen) atoms. The van der Waals surface area contributed by atoms with Crippen LogP contribution in [0.5, 0.6) is 0 Å². The summed E-state index contributed by atoms with van der Waals surface area (Å²) >= 11 is 6.20. The van der Waals surface area contributed by atoms with Crippen LogP contribution in [0.15, 0.2) is 30.3 Å². The van der Waals surface area contributed by atoms with Crippen LogP contribution in [-0.4, -0.2) is 16.1 Å². The van der Waals surface area contributed by atoms with E-state index in [9.17, 15) is 9.90 Å². The molecule has 4 heteroatoms. The van der Waals surface area contributed by atoms with E-state index in [-0.39, 0.29) is 5.56 Å². The number of H-pyrrole nitrogens is 1. The van der Waals surface area contributed by atoms with E-state index in [0.29, 0.717) is 10.5 Å². The molecule has 1 heterocycles. The molecule has 0 aliphatic rings. The minimum Gasteiger partial charge on any atom is -0.478 e. The number of carboxylic acid groups (broad SMARTS) is 1. The smallest absolute Gasteiger partial charge is 0.337 e. The number of aromatic amines is 1. The molecule has 2 N–H and O–H groups in total. The van der Waals surface area contributed by atoms with Gasteiger partial charge in [-0.1, -0.05) is 36.7 Å². The van der Waals surface area contributed by atoms with Gasteiger partial charge in [-0.2, -0.15) is 0 Å². The summed E-state index contributed by atoms with van der Waals surface area (Å²) in [6.07, 6.45) is 0.797. The van der Waals surface area contributed by atoms with E-state index < -0.39 is 5.97 Å². The summed E-state index contributed by atoms with van der Waals surface area (Å²) < 4.78 is 0. The molecule has 0 aliphatic carbocycles. The van der Waals surface area contributed by atoms with Crippen LogP contribution in [0.3, 0.4) is 0 Å². The highest BCUT2D eigenvalue weighted by Gasteiger charge is 2.15. The van der Waals surface area contributed by atoms with Crippen molar-refractivity contribution >= 4 is 39.4 Å². The van der Waals surface area contributed by atoms with Gasteiger partial charge in [-0.25, -0.2) is 4.79 Å². The van der Waals surface area contributed by atoms with Crippen LogP contribution in [0.1, 0.15) is 22.8 Å². The first-order valence-electron chi connectivity index (χ1n) is 6.08. The topological polar surface area (TPSA) is 53.1 Å². The number of aromatic nitrogens is 1. The minimum atomic E-state index is -0.929. The Labute approximate surface area is 114 Å². The van der Waals surface area contributed by atoms with Gasteiger partial charge >= 0.3 is 5.97 Å². The zero-order valence-corrected chi connectivity index (χ0v) is 11.1. The molecule has 0 radical (unpaired) electrons.